The Kier molecular flexibility index (Phi) is 6.20. The topological polar surface area (TPSA) is 96.8 Å². The van der Waals surface area contributed by atoms with Crippen LogP contribution in [0.5, 0.6) is 0 Å². The summed E-state index contributed by atoms with van der Waals surface area (Å²) in [5, 5.41) is 11.9. The highest BCUT2D eigenvalue weighted by Crippen LogP contribution is 2.38. The molecule has 3 saturated heterocycles. The van der Waals surface area contributed by atoms with Gasteiger partial charge in [0.1, 0.15) is 6.04 Å². The van der Waals surface area contributed by atoms with Gasteiger partial charge in [-0.2, -0.15) is 5.26 Å². The molecule has 0 aromatic heterocycles. The van der Waals surface area contributed by atoms with Gasteiger partial charge in [0.2, 0.25) is 11.8 Å². The van der Waals surface area contributed by atoms with Crippen molar-refractivity contribution in [3.05, 3.63) is 35.4 Å². The summed E-state index contributed by atoms with van der Waals surface area (Å²) in [6.45, 7) is 5.88. The predicted octanol–water partition coefficient (Wildman–Crippen LogP) is 1.54. The van der Waals surface area contributed by atoms with Crippen LogP contribution < -0.4 is 5.32 Å². The fourth-order valence-electron chi connectivity index (χ4n) is 5.49. The van der Waals surface area contributed by atoms with E-state index in [9.17, 15) is 19.6 Å². The number of carbonyl (C=O) groups is 3. The molecule has 5 atom stereocenters. The van der Waals surface area contributed by atoms with Crippen LogP contribution in [0.3, 0.4) is 0 Å². The zero-order valence-electron chi connectivity index (χ0n) is 19.0. The van der Waals surface area contributed by atoms with Crippen LogP contribution in [0.2, 0.25) is 0 Å². The van der Waals surface area contributed by atoms with Crippen molar-refractivity contribution in [1.29, 1.82) is 5.26 Å². The lowest BCUT2D eigenvalue weighted by molar-refractivity contribution is -0.142. The van der Waals surface area contributed by atoms with Gasteiger partial charge in [-0.15, -0.1) is 0 Å². The number of fused-ring (bicyclic) bond motifs is 2. The van der Waals surface area contributed by atoms with E-state index in [2.05, 4.69) is 16.3 Å². The van der Waals surface area contributed by atoms with E-state index in [4.69, 9.17) is 0 Å². The molecular weight excluding hydrogens is 406 g/mol. The number of amides is 3. The van der Waals surface area contributed by atoms with Crippen LogP contribution in [0.4, 0.5) is 0 Å². The van der Waals surface area contributed by atoms with E-state index in [1.807, 2.05) is 30.9 Å². The van der Waals surface area contributed by atoms with E-state index < -0.39 is 0 Å². The molecule has 1 aromatic carbocycles. The Balaban J connectivity index is 1.38. The smallest absolute Gasteiger partial charge is 0.251 e. The number of nitriles is 1. The van der Waals surface area contributed by atoms with Gasteiger partial charge >= 0.3 is 0 Å². The number of hydrogen-bond donors (Lipinski definition) is 1. The molecule has 1 N–H and O–H groups in total. The number of carbonyl (C=O) groups excluding carboxylic acids is 3. The van der Waals surface area contributed by atoms with E-state index in [1.165, 1.54) is 0 Å². The van der Waals surface area contributed by atoms with Gasteiger partial charge in [0.05, 0.1) is 18.2 Å². The summed E-state index contributed by atoms with van der Waals surface area (Å²) >= 11 is 0. The second-order valence-electron chi connectivity index (χ2n) is 9.20. The Bertz CT molecular complexity index is 940. The standard InChI is InChI=1S/C24H31N5O3/c1-15(23(31)28-10-4-5-19(28)12-25)13-27-14-20-11-21(27)24(32)29(20)16(2)17-6-8-18(9-7-17)22(30)26-3/h6-9,15-16,19-21H,4-5,10-11,13-14H2,1-3H3,(H,26,30)/t15-,16-,19-,20-,21-/m0/s1. The molecule has 4 rings (SSSR count). The van der Waals surface area contributed by atoms with Gasteiger partial charge in [0.25, 0.3) is 5.91 Å². The van der Waals surface area contributed by atoms with Crippen molar-refractivity contribution < 1.29 is 14.4 Å². The number of likely N-dealkylation sites (tertiary alicyclic amines) is 3. The number of rotatable bonds is 6. The molecule has 2 bridgehead atoms. The summed E-state index contributed by atoms with van der Waals surface area (Å²) in [5.74, 6) is -0.236. The molecule has 3 amide bonds. The van der Waals surface area contributed by atoms with Crippen molar-refractivity contribution in [2.24, 2.45) is 5.92 Å². The Labute approximate surface area is 189 Å². The summed E-state index contributed by atoms with van der Waals surface area (Å²) in [4.78, 5) is 43.7. The Morgan fingerprint density at radius 3 is 2.59 bits per heavy atom. The van der Waals surface area contributed by atoms with Crippen LogP contribution in [0.25, 0.3) is 0 Å². The molecule has 8 heteroatoms. The Morgan fingerprint density at radius 2 is 1.97 bits per heavy atom. The molecule has 0 saturated carbocycles. The zero-order chi connectivity index (χ0) is 23.0. The average Bonchev–Trinajstić information content (AvgIpc) is 3.52. The van der Waals surface area contributed by atoms with E-state index in [0.29, 0.717) is 18.7 Å². The highest BCUT2D eigenvalue weighted by molar-refractivity contribution is 5.94. The van der Waals surface area contributed by atoms with Crippen molar-refractivity contribution in [1.82, 2.24) is 20.0 Å². The van der Waals surface area contributed by atoms with Gasteiger partial charge in [-0.05, 0) is 43.9 Å². The van der Waals surface area contributed by atoms with E-state index in [0.717, 1.165) is 31.4 Å². The molecule has 0 radical (unpaired) electrons. The molecule has 0 unspecified atom stereocenters. The fraction of sp³-hybridized carbons (Fsp3) is 0.583. The van der Waals surface area contributed by atoms with Gasteiger partial charge < -0.3 is 15.1 Å². The second-order valence-corrected chi connectivity index (χ2v) is 9.20. The van der Waals surface area contributed by atoms with Crippen molar-refractivity contribution in [3.63, 3.8) is 0 Å². The van der Waals surface area contributed by atoms with Crippen molar-refractivity contribution in [3.8, 4) is 6.07 Å². The monoisotopic (exact) mass is 437 g/mol. The third kappa shape index (κ3) is 3.86. The lowest BCUT2D eigenvalue weighted by atomic mass is 10.0. The van der Waals surface area contributed by atoms with Gasteiger partial charge in [-0.25, -0.2) is 0 Å². The third-order valence-corrected chi connectivity index (χ3v) is 7.23. The van der Waals surface area contributed by atoms with Crippen LogP contribution in [0.1, 0.15) is 55.1 Å². The number of piperazine rings is 1. The minimum absolute atomic E-state index is 0.0192. The summed E-state index contributed by atoms with van der Waals surface area (Å²) in [6, 6.07) is 9.19. The maximum Gasteiger partial charge on any atom is 0.251 e. The first-order valence-electron chi connectivity index (χ1n) is 11.4. The summed E-state index contributed by atoms with van der Waals surface area (Å²) in [6.07, 6.45) is 2.41. The largest absolute Gasteiger partial charge is 0.355 e. The van der Waals surface area contributed by atoms with E-state index in [-0.39, 0.29) is 47.8 Å². The van der Waals surface area contributed by atoms with Crippen LogP contribution in [-0.2, 0) is 9.59 Å². The van der Waals surface area contributed by atoms with E-state index in [1.54, 1.807) is 24.1 Å². The molecule has 3 heterocycles. The molecular formula is C24H31N5O3. The summed E-state index contributed by atoms with van der Waals surface area (Å²) < 4.78 is 0. The fourth-order valence-corrected chi connectivity index (χ4v) is 5.49. The lowest BCUT2D eigenvalue weighted by Crippen LogP contribution is -2.53. The quantitative estimate of drug-likeness (QED) is 0.728. The first kappa shape index (κ1) is 22.3. The first-order valence-corrected chi connectivity index (χ1v) is 11.4. The van der Waals surface area contributed by atoms with Crippen LogP contribution in [0.15, 0.2) is 24.3 Å². The second kappa shape index (κ2) is 8.91. The van der Waals surface area contributed by atoms with Gasteiger partial charge in [0.15, 0.2) is 0 Å². The average molecular weight is 438 g/mol. The zero-order valence-corrected chi connectivity index (χ0v) is 19.0. The maximum atomic E-state index is 13.2. The number of benzene rings is 1. The van der Waals surface area contributed by atoms with E-state index >= 15 is 0 Å². The SMILES string of the molecule is CNC(=O)c1ccc([C@H](C)N2C(=O)[C@@H]3C[C@H]2CN3C[C@H](C)C(=O)N2CCC[C@H]2C#N)cc1. The lowest BCUT2D eigenvalue weighted by Gasteiger charge is -2.38. The van der Waals surface area contributed by atoms with Gasteiger partial charge in [0, 0.05) is 44.2 Å². The van der Waals surface area contributed by atoms with Gasteiger partial charge in [-0.3, -0.25) is 19.3 Å². The van der Waals surface area contributed by atoms with Crippen LogP contribution in [-0.4, -0.2) is 77.2 Å². The molecule has 3 fully saturated rings. The minimum Gasteiger partial charge on any atom is -0.355 e. The highest BCUT2D eigenvalue weighted by atomic mass is 16.2. The van der Waals surface area contributed by atoms with Crippen LogP contribution >= 0.6 is 0 Å². The number of hydrogen-bond acceptors (Lipinski definition) is 5. The number of nitrogens with zero attached hydrogens (tertiary/aromatic N) is 4. The molecule has 1 aromatic rings. The van der Waals surface area contributed by atoms with Crippen molar-refractivity contribution in [2.75, 3.05) is 26.7 Å². The molecule has 8 nitrogen and oxygen atoms in total. The van der Waals surface area contributed by atoms with Crippen LogP contribution in [0, 0.1) is 17.2 Å². The normalized spacial score (nSPS) is 26.8. The summed E-state index contributed by atoms with van der Waals surface area (Å²) in [5.41, 5.74) is 1.60. The minimum atomic E-state index is -0.312. The molecule has 0 spiro atoms. The van der Waals surface area contributed by atoms with Gasteiger partial charge in [-0.1, -0.05) is 19.1 Å². The third-order valence-electron chi connectivity index (χ3n) is 7.23. The molecule has 0 aliphatic carbocycles. The van der Waals surface area contributed by atoms with Crippen molar-refractivity contribution in [2.45, 2.75) is 57.3 Å². The molecule has 3 aliphatic heterocycles. The van der Waals surface area contributed by atoms with Crippen molar-refractivity contribution >= 4 is 17.7 Å². The molecule has 3 aliphatic rings. The number of nitrogens with one attached hydrogen (secondary N) is 1. The Morgan fingerprint density at radius 1 is 1.25 bits per heavy atom. The molecule has 32 heavy (non-hydrogen) atoms. The highest BCUT2D eigenvalue weighted by Gasteiger charge is 2.51. The predicted molar refractivity (Wildman–Crippen MR) is 118 cm³/mol. The molecule has 170 valence electrons. The first-order chi connectivity index (χ1) is 15.3. The maximum absolute atomic E-state index is 13.2. The Hall–Kier alpha value is -2.92. The summed E-state index contributed by atoms with van der Waals surface area (Å²) in [7, 11) is 1.60.